The molecule has 0 amide bonds. The first-order valence-electron chi connectivity index (χ1n) is 7.78. The second-order valence-electron chi connectivity index (χ2n) is 5.98. The zero-order valence-corrected chi connectivity index (χ0v) is 15.8. The van der Waals surface area contributed by atoms with Crippen molar-refractivity contribution in [1.82, 2.24) is 4.98 Å². The molecule has 0 saturated carbocycles. The fraction of sp³-hybridized carbons (Fsp3) is 0.158. The molecule has 0 fully saturated rings. The lowest BCUT2D eigenvalue weighted by atomic mass is 10.1. The van der Waals surface area contributed by atoms with Gasteiger partial charge in [0.2, 0.25) is 0 Å². The lowest BCUT2D eigenvalue weighted by Gasteiger charge is -2.10. The number of ether oxygens (including phenoxy) is 1. The van der Waals surface area contributed by atoms with Crippen molar-refractivity contribution in [2.24, 2.45) is 0 Å². The lowest BCUT2D eigenvalue weighted by molar-refractivity contribution is 0.0468. The fourth-order valence-corrected chi connectivity index (χ4v) is 3.66. The summed E-state index contributed by atoms with van der Waals surface area (Å²) >= 11 is 6.19. The van der Waals surface area contributed by atoms with Gasteiger partial charge < -0.3 is 4.74 Å². The highest BCUT2D eigenvalue weighted by Gasteiger charge is 2.19. The third kappa shape index (κ3) is 3.86. The molecule has 7 heteroatoms. The molecular formula is C19H16ClNO4S. The molecule has 1 aromatic heterocycles. The number of nitrogens with zero attached hydrogens (tertiary/aromatic N) is 1. The van der Waals surface area contributed by atoms with E-state index in [-0.39, 0.29) is 22.2 Å². The summed E-state index contributed by atoms with van der Waals surface area (Å²) in [5.41, 5.74) is 2.37. The fourth-order valence-electron chi connectivity index (χ4n) is 2.58. The van der Waals surface area contributed by atoms with Gasteiger partial charge >= 0.3 is 5.97 Å². The number of sulfone groups is 1. The van der Waals surface area contributed by atoms with E-state index in [2.05, 4.69) is 4.98 Å². The SMILES string of the molecule is Cc1ccc2cc(COC(=O)c3ccccc3S(C)(=O)=O)c(Cl)nc2c1. The Morgan fingerprint density at radius 3 is 2.62 bits per heavy atom. The van der Waals surface area contributed by atoms with Crippen LogP contribution in [0.5, 0.6) is 0 Å². The number of rotatable bonds is 4. The summed E-state index contributed by atoms with van der Waals surface area (Å²) in [5, 5.41) is 1.12. The van der Waals surface area contributed by atoms with Crippen molar-refractivity contribution in [1.29, 1.82) is 0 Å². The van der Waals surface area contributed by atoms with E-state index in [1.165, 1.54) is 12.1 Å². The zero-order valence-electron chi connectivity index (χ0n) is 14.2. The number of carbonyl (C=O) groups is 1. The van der Waals surface area contributed by atoms with Crippen LogP contribution >= 0.6 is 11.6 Å². The molecular weight excluding hydrogens is 374 g/mol. The van der Waals surface area contributed by atoms with Crippen LogP contribution in [0.1, 0.15) is 21.5 Å². The van der Waals surface area contributed by atoms with Gasteiger partial charge in [0, 0.05) is 17.2 Å². The Morgan fingerprint density at radius 1 is 1.15 bits per heavy atom. The van der Waals surface area contributed by atoms with E-state index in [0.29, 0.717) is 5.56 Å². The van der Waals surface area contributed by atoms with Gasteiger partial charge in [-0.2, -0.15) is 0 Å². The van der Waals surface area contributed by atoms with E-state index in [9.17, 15) is 13.2 Å². The van der Waals surface area contributed by atoms with E-state index in [4.69, 9.17) is 16.3 Å². The van der Waals surface area contributed by atoms with Gasteiger partial charge in [0.05, 0.1) is 16.0 Å². The minimum atomic E-state index is -3.54. The molecule has 0 saturated heterocycles. The van der Waals surface area contributed by atoms with Crippen molar-refractivity contribution in [2.45, 2.75) is 18.4 Å². The number of esters is 1. The molecule has 0 spiro atoms. The molecule has 0 aliphatic heterocycles. The molecule has 0 bridgehead atoms. The average molecular weight is 390 g/mol. The van der Waals surface area contributed by atoms with Crippen molar-refractivity contribution in [2.75, 3.05) is 6.26 Å². The van der Waals surface area contributed by atoms with Gasteiger partial charge in [0.25, 0.3) is 0 Å². The molecule has 26 heavy (non-hydrogen) atoms. The van der Waals surface area contributed by atoms with Gasteiger partial charge in [-0.25, -0.2) is 18.2 Å². The van der Waals surface area contributed by atoms with Crippen LogP contribution in [-0.2, 0) is 21.2 Å². The number of aryl methyl sites for hydroxylation is 1. The number of aromatic nitrogens is 1. The Hall–Kier alpha value is -2.44. The zero-order chi connectivity index (χ0) is 18.9. The minimum absolute atomic E-state index is 0.00417. The summed E-state index contributed by atoms with van der Waals surface area (Å²) < 4.78 is 28.9. The molecule has 134 valence electrons. The van der Waals surface area contributed by atoms with Gasteiger partial charge in [-0.3, -0.25) is 0 Å². The summed E-state index contributed by atoms with van der Waals surface area (Å²) in [5.74, 6) is -0.730. The quantitative estimate of drug-likeness (QED) is 0.499. The van der Waals surface area contributed by atoms with Gasteiger partial charge in [-0.05, 0) is 36.8 Å². The van der Waals surface area contributed by atoms with Crippen LogP contribution in [0.15, 0.2) is 53.4 Å². The maximum absolute atomic E-state index is 12.4. The number of hydrogen-bond donors (Lipinski definition) is 0. The molecule has 3 aromatic rings. The van der Waals surface area contributed by atoms with Gasteiger partial charge in [0.1, 0.15) is 11.8 Å². The van der Waals surface area contributed by atoms with Gasteiger partial charge in [0.15, 0.2) is 9.84 Å². The van der Waals surface area contributed by atoms with E-state index in [1.807, 2.05) is 25.1 Å². The third-order valence-electron chi connectivity index (χ3n) is 3.86. The number of hydrogen-bond acceptors (Lipinski definition) is 5. The first-order chi connectivity index (χ1) is 12.3. The highest BCUT2D eigenvalue weighted by Crippen LogP contribution is 2.23. The summed E-state index contributed by atoms with van der Waals surface area (Å²) in [4.78, 5) is 16.6. The number of halogens is 1. The van der Waals surface area contributed by atoms with E-state index in [1.54, 1.807) is 18.2 Å². The van der Waals surface area contributed by atoms with Crippen LogP contribution in [0.2, 0.25) is 5.15 Å². The van der Waals surface area contributed by atoms with E-state index >= 15 is 0 Å². The summed E-state index contributed by atoms with van der Waals surface area (Å²) in [6.45, 7) is 1.86. The first-order valence-corrected chi connectivity index (χ1v) is 10.0. The maximum Gasteiger partial charge on any atom is 0.339 e. The molecule has 0 unspecified atom stereocenters. The summed E-state index contributed by atoms with van der Waals surface area (Å²) in [7, 11) is -3.54. The Morgan fingerprint density at radius 2 is 1.88 bits per heavy atom. The average Bonchev–Trinajstić information content (AvgIpc) is 2.59. The van der Waals surface area contributed by atoms with Crippen molar-refractivity contribution in [3.63, 3.8) is 0 Å². The predicted molar refractivity (Wildman–Crippen MR) is 100 cm³/mol. The van der Waals surface area contributed by atoms with Crippen LogP contribution in [-0.4, -0.2) is 25.6 Å². The van der Waals surface area contributed by atoms with Crippen LogP contribution in [0.4, 0.5) is 0 Å². The van der Waals surface area contributed by atoms with Crippen molar-refractivity contribution >= 4 is 38.3 Å². The largest absolute Gasteiger partial charge is 0.457 e. The van der Waals surface area contributed by atoms with Crippen LogP contribution < -0.4 is 0 Å². The standard InChI is InChI=1S/C19H16ClNO4S/c1-12-7-8-13-10-14(18(20)21-16(13)9-12)11-25-19(22)15-5-3-4-6-17(15)26(2,23)24/h3-10H,11H2,1-2H3. The van der Waals surface area contributed by atoms with E-state index < -0.39 is 15.8 Å². The molecule has 0 radical (unpaired) electrons. The molecule has 2 aromatic carbocycles. The molecule has 0 N–H and O–H groups in total. The first kappa shape index (κ1) is 18.4. The molecule has 0 aliphatic rings. The molecule has 0 atom stereocenters. The Bertz CT molecular complexity index is 1110. The maximum atomic E-state index is 12.4. The predicted octanol–water partition coefficient (Wildman–Crippen LogP) is 3.96. The highest BCUT2D eigenvalue weighted by molar-refractivity contribution is 7.90. The van der Waals surface area contributed by atoms with Crippen molar-refractivity contribution < 1.29 is 17.9 Å². The number of pyridine rings is 1. The van der Waals surface area contributed by atoms with Crippen molar-refractivity contribution in [3.05, 3.63) is 70.4 Å². The smallest absolute Gasteiger partial charge is 0.339 e. The normalized spacial score (nSPS) is 11.5. The van der Waals surface area contributed by atoms with Crippen LogP contribution in [0.3, 0.4) is 0 Å². The number of carbonyl (C=O) groups excluding carboxylic acids is 1. The topological polar surface area (TPSA) is 73.3 Å². The van der Waals surface area contributed by atoms with Crippen LogP contribution in [0.25, 0.3) is 10.9 Å². The molecule has 3 rings (SSSR count). The summed E-state index contributed by atoms with van der Waals surface area (Å²) in [6.07, 6.45) is 1.05. The molecule has 1 heterocycles. The van der Waals surface area contributed by atoms with Gasteiger partial charge in [-0.15, -0.1) is 0 Å². The second kappa shape index (κ2) is 7.05. The molecule has 5 nitrogen and oxygen atoms in total. The van der Waals surface area contributed by atoms with Crippen molar-refractivity contribution in [3.8, 4) is 0 Å². The minimum Gasteiger partial charge on any atom is -0.457 e. The monoisotopic (exact) mass is 389 g/mol. The molecule has 0 aliphatic carbocycles. The third-order valence-corrected chi connectivity index (χ3v) is 5.35. The van der Waals surface area contributed by atoms with Gasteiger partial charge in [-0.1, -0.05) is 35.9 Å². The Balaban J connectivity index is 1.86. The Kier molecular flexibility index (Phi) is 4.98. The Labute approximate surface area is 156 Å². The number of fused-ring (bicyclic) bond motifs is 1. The highest BCUT2D eigenvalue weighted by atomic mass is 35.5. The van der Waals surface area contributed by atoms with Crippen LogP contribution in [0, 0.1) is 6.92 Å². The second-order valence-corrected chi connectivity index (χ2v) is 8.32. The number of benzene rings is 2. The lowest BCUT2D eigenvalue weighted by Crippen LogP contribution is -2.11. The van der Waals surface area contributed by atoms with E-state index in [0.717, 1.165) is 22.7 Å². The summed E-state index contributed by atoms with van der Waals surface area (Å²) in [6, 6.07) is 13.5.